The lowest BCUT2D eigenvalue weighted by atomic mass is 9.81. The largest absolute Gasteiger partial charge is 0.481 e. The second-order valence-electron chi connectivity index (χ2n) is 10.4. The summed E-state index contributed by atoms with van der Waals surface area (Å²) >= 11 is 0. The molecule has 2 amide bonds. The number of nitrogens with one attached hydrogen (secondary N) is 1. The van der Waals surface area contributed by atoms with Gasteiger partial charge in [0, 0.05) is 19.0 Å². The number of benzene rings is 2. The number of hydrogen-bond donors (Lipinski definition) is 2. The molecule has 0 spiro atoms. The Labute approximate surface area is 205 Å². The Morgan fingerprint density at radius 3 is 2.31 bits per heavy atom. The van der Waals surface area contributed by atoms with E-state index in [9.17, 15) is 19.5 Å². The predicted octanol–water partition coefficient (Wildman–Crippen LogP) is 4.41. The number of carbonyl (C=O) groups is 3. The summed E-state index contributed by atoms with van der Waals surface area (Å²) in [5.41, 5.74) is 2.53. The number of ether oxygens (including phenoxy) is 1. The smallest absolute Gasteiger partial charge is 0.408 e. The summed E-state index contributed by atoms with van der Waals surface area (Å²) in [7, 11) is 0. The highest BCUT2D eigenvalue weighted by molar-refractivity contribution is 5.91. The number of hydrogen-bond acceptors (Lipinski definition) is 4. The number of nitrogens with zero attached hydrogens (tertiary/aromatic N) is 1. The van der Waals surface area contributed by atoms with Crippen LogP contribution >= 0.6 is 0 Å². The first kappa shape index (κ1) is 23.4. The molecule has 1 saturated heterocycles. The number of rotatable bonds is 6. The van der Waals surface area contributed by atoms with Crippen LogP contribution in [0.25, 0.3) is 11.1 Å². The molecule has 184 valence electrons. The first-order valence-electron chi connectivity index (χ1n) is 12.4. The van der Waals surface area contributed by atoms with Gasteiger partial charge in [0.15, 0.2) is 0 Å². The van der Waals surface area contributed by atoms with Gasteiger partial charge in [-0.3, -0.25) is 9.59 Å². The topological polar surface area (TPSA) is 95.9 Å². The quantitative estimate of drug-likeness (QED) is 0.644. The minimum Gasteiger partial charge on any atom is -0.481 e. The molecular formula is C28H32N2O5. The van der Waals surface area contributed by atoms with Gasteiger partial charge in [0.25, 0.3) is 0 Å². The third-order valence-electron chi connectivity index (χ3n) is 8.48. The molecule has 3 unspecified atom stereocenters. The van der Waals surface area contributed by atoms with E-state index in [1.54, 1.807) is 11.8 Å². The molecule has 0 radical (unpaired) electrons. The first-order chi connectivity index (χ1) is 16.8. The number of alkyl carbamates (subject to hydrolysis) is 1. The zero-order valence-corrected chi connectivity index (χ0v) is 20.3. The number of amides is 2. The van der Waals surface area contributed by atoms with Crippen molar-refractivity contribution in [1.82, 2.24) is 10.2 Å². The van der Waals surface area contributed by atoms with Crippen molar-refractivity contribution in [2.75, 3.05) is 19.7 Å². The number of carboxylic acid groups (broad SMARTS) is 1. The number of fused-ring (bicyclic) bond motifs is 4. The van der Waals surface area contributed by atoms with E-state index < -0.39 is 23.0 Å². The summed E-state index contributed by atoms with van der Waals surface area (Å²) in [5, 5.41) is 12.7. The molecule has 7 nitrogen and oxygen atoms in total. The molecule has 3 aliphatic rings. The monoisotopic (exact) mass is 476 g/mol. The normalized spacial score (nSPS) is 24.3. The average molecular weight is 477 g/mol. The Balaban J connectivity index is 1.26. The van der Waals surface area contributed by atoms with Crippen LogP contribution in [0.2, 0.25) is 0 Å². The van der Waals surface area contributed by atoms with Crippen molar-refractivity contribution in [2.24, 2.45) is 11.3 Å². The fraction of sp³-hybridized carbons (Fsp3) is 0.464. The van der Waals surface area contributed by atoms with Gasteiger partial charge >= 0.3 is 12.1 Å². The predicted molar refractivity (Wildman–Crippen MR) is 131 cm³/mol. The molecule has 1 aliphatic heterocycles. The number of carbonyl (C=O) groups excluding carboxylic acids is 2. The Hall–Kier alpha value is -3.35. The lowest BCUT2D eigenvalue weighted by Gasteiger charge is -2.33. The van der Waals surface area contributed by atoms with Gasteiger partial charge in [-0.05, 0) is 54.4 Å². The molecule has 1 heterocycles. The van der Waals surface area contributed by atoms with E-state index in [0.29, 0.717) is 19.4 Å². The van der Waals surface area contributed by atoms with Crippen molar-refractivity contribution in [3.05, 3.63) is 59.7 Å². The van der Waals surface area contributed by atoms with E-state index in [1.807, 2.05) is 31.2 Å². The van der Waals surface area contributed by atoms with Gasteiger partial charge in [0.1, 0.15) is 12.1 Å². The van der Waals surface area contributed by atoms with Crippen LogP contribution in [0.3, 0.4) is 0 Å². The van der Waals surface area contributed by atoms with Gasteiger partial charge in [-0.1, -0.05) is 61.9 Å². The molecule has 5 rings (SSSR count). The number of likely N-dealkylation sites (tertiary alicyclic amines) is 1. The standard InChI is InChI=1S/C28H32N2O5/c1-3-27(2,24(31)30-15-18-9-8-14-28(18,17-30)25(32)33)29-26(34)35-16-23-21-12-6-4-10-19(21)20-11-5-7-13-22(20)23/h4-7,10-13,18,23H,3,8-9,14-17H2,1-2H3,(H,29,34)(H,32,33). The summed E-state index contributed by atoms with van der Waals surface area (Å²) in [6.07, 6.45) is 2.02. The Bertz CT molecular complexity index is 1130. The molecule has 2 aliphatic carbocycles. The van der Waals surface area contributed by atoms with Crippen molar-refractivity contribution in [3.63, 3.8) is 0 Å². The van der Waals surface area contributed by atoms with Crippen molar-refractivity contribution in [1.29, 1.82) is 0 Å². The molecule has 2 fully saturated rings. The Morgan fingerprint density at radius 1 is 1.11 bits per heavy atom. The molecule has 35 heavy (non-hydrogen) atoms. The highest BCUT2D eigenvalue weighted by Crippen LogP contribution is 2.49. The molecule has 2 aromatic rings. The third-order valence-corrected chi connectivity index (χ3v) is 8.48. The average Bonchev–Trinajstić information content (AvgIpc) is 3.52. The first-order valence-corrected chi connectivity index (χ1v) is 12.4. The van der Waals surface area contributed by atoms with E-state index in [2.05, 4.69) is 29.6 Å². The van der Waals surface area contributed by atoms with Crippen LogP contribution in [0.4, 0.5) is 4.79 Å². The van der Waals surface area contributed by atoms with Crippen LogP contribution in [0.5, 0.6) is 0 Å². The molecule has 0 aromatic heterocycles. The highest BCUT2D eigenvalue weighted by Gasteiger charge is 2.57. The molecule has 2 N–H and O–H groups in total. The van der Waals surface area contributed by atoms with Gasteiger partial charge in [0.2, 0.25) is 5.91 Å². The second-order valence-corrected chi connectivity index (χ2v) is 10.4. The maximum absolute atomic E-state index is 13.5. The number of aliphatic carboxylic acids is 1. The lowest BCUT2D eigenvalue weighted by Crippen LogP contribution is -2.57. The van der Waals surface area contributed by atoms with Crippen molar-refractivity contribution in [3.8, 4) is 11.1 Å². The fourth-order valence-electron chi connectivity index (χ4n) is 6.30. The highest BCUT2D eigenvalue weighted by atomic mass is 16.5. The third kappa shape index (κ3) is 3.77. The van der Waals surface area contributed by atoms with E-state index in [-0.39, 0.29) is 30.9 Å². The van der Waals surface area contributed by atoms with Crippen LogP contribution in [0, 0.1) is 11.3 Å². The molecule has 2 aromatic carbocycles. The minimum atomic E-state index is -1.17. The summed E-state index contributed by atoms with van der Waals surface area (Å²) in [6.45, 7) is 4.33. The molecule has 0 bridgehead atoms. The van der Waals surface area contributed by atoms with Gasteiger partial charge in [-0.15, -0.1) is 0 Å². The summed E-state index contributed by atoms with van der Waals surface area (Å²) < 4.78 is 5.67. The Kier molecular flexibility index (Phi) is 5.82. The van der Waals surface area contributed by atoms with E-state index >= 15 is 0 Å². The van der Waals surface area contributed by atoms with Crippen LogP contribution < -0.4 is 5.32 Å². The van der Waals surface area contributed by atoms with Gasteiger partial charge in [-0.2, -0.15) is 0 Å². The summed E-state index contributed by atoms with van der Waals surface area (Å²) in [5.74, 6) is -1.16. The van der Waals surface area contributed by atoms with Crippen molar-refractivity contribution < 1.29 is 24.2 Å². The SMILES string of the molecule is CCC(C)(NC(=O)OCC1c2ccccc2-c2ccccc21)C(=O)N1CC2CCCC2(C(=O)O)C1. The summed E-state index contributed by atoms with van der Waals surface area (Å²) in [6, 6.07) is 16.3. The van der Waals surface area contributed by atoms with E-state index in [1.165, 1.54) is 0 Å². The van der Waals surface area contributed by atoms with Crippen molar-refractivity contribution >= 4 is 18.0 Å². The van der Waals surface area contributed by atoms with Crippen molar-refractivity contribution in [2.45, 2.75) is 51.0 Å². The zero-order chi connectivity index (χ0) is 24.8. The molecule has 1 saturated carbocycles. The second kappa shape index (κ2) is 8.70. The molecule has 7 heteroatoms. The lowest BCUT2D eigenvalue weighted by molar-refractivity contribution is -0.150. The molecular weight excluding hydrogens is 444 g/mol. The van der Waals surface area contributed by atoms with Gasteiger partial charge < -0.3 is 20.1 Å². The van der Waals surface area contributed by atoms with Gasteiger partial charge in [0.05, 0.1) is 5.41 Å². The van der Waals surface area contributed by atoms with Crippen LogP contribution in [-0.2, 0) is 14.3 Å². The van der Waals surface area contributed by atoms with Gasteiger partial charge in [-0.25, -0.2) is 4.79 Å². The molecule has 3 atom stereocenters. The van der Waals surface area contributed by atoms with E-state index in [0.717, 1.165) is 35.1 Å². The minimum absolute atomic E-state index is 0.0282. The summed E-state index contributed by atoms with van der Waals surface area (Å²) in [4.78, 5) is 40.0. The zero-order valence-electron chi connectivity index (χ0n) is 20.3. The fourth-order valence-corrected chi connectivity index (χ4v) is 6.30. The van der Waals surface area contributed by atoms with E-state index in [4.69, 9.17) is 4.74 Å². The van der Waals surface area contributed by atoms with Crippen LogP contribution in [0.15, 0.2) is 48.5 Å². The maximum Gasteiger partial charge on any atom is 0.408 e. The maximum atomic E-state index is 13.5. The Morgan fingerprint density at radius 2 is 1.74 bits per heavy atom. The van der Waals surface area contributed by atoms with Crippen LogP contribution in [-0.4, -0.2) is 53.2 Å². The van der Waals surface area contributed by atoms with Crippen LogP contribution in [0.1, 0.15) is 56.6 Å². The number of carboxylic acids is 1.